The van der Waals surface area contributed by atoms with Crippen molar-refractivity contribution in [3.8, 4) is 0 Å². The second-order valence-electron chi connectivity index (χ2n) is 7.65. The number of H-pyrrole nitrogens is 1. The van der Waals surface area contributed by atoms with E-state index in [0.717, 1.165) is 54.2 Å². The molecule has 0 amide bonds. The lowest BCUT2D eigenvalue weighted by molar-refractivity contribution is -0.922. The maximum Gasteiger partial charge on any atom is 0.226 e. The van der Waals surface area contributed by atoms with Gasteiger partial charge in [-0.25, -0.2) is 9.97 Å². The van der Waals surface area contributed by atoms with Crippen LogP contribution >= 0.6 is 0 Å². The van der Waals surface area contributed by atoms with Gasteiger partial charge < -0.3 is 14.8 Å². The average Bonchev–Trinajstić information content (AvgIpc) is 3.25. The molecule has 1 atom stereocenters. The van der Waals surface area contributed by atoms with Gasteiger partial charge in [0, 0.05) is 40.6 Å². The van der Waals surface area contributed by atoms with Crippen LogP contribution < -0.4 is 9.80 Å². The summed E-state index contributed by atoms with van der Waals surface area (Å²) in [7, 11) is 0. The number of fused-ring (bicyclic) bond motifs is 1. The molecule has 0 aliphatic carbocycles. The minimum atomic E-state index is -0.232. The molecule has 0 radical (unpaired) electrons. The predicted molar refractivity (Wildman–Crippen MR) is 117 cm³/mol. The highest BCUT2D eigenvalue weighted by molar-refractivity contribution is 6.10. The molecule has 2 aromatic carbocycles. The first-order chi connectivity index (χ1) is 14.8. The van der Waals surface area contributed by atoms with Gasteiger partial charge in [0.05, 0.1) is 26.2 Å². The summed E-state index contributed by atoms with van der Waals surface area (Å²) in [5.41, 5.74) is 2.82. The second kappa shape index (κ2) is 8.08. The minimum absolute atomic E-state index is 0.165. The highest BCUT2D eigenvalue weighted by atomic mass is 16.1. The molecule has 4 aromatic rings. The van der Waals surface area contributed by atoms with Crippen molar-refractivity contribution in [1.82, 2.24) is 15.0 Å². The van der Waals surface area contributed by atoms with Crippen LogP contribution in [0.3, 0.4) is 0 Å². The zero-order valence-corrected chi connectivity index (χ0v) is 16.7. The standard InChI is InChI=1S/C24H23N5O/c30-23(20-17-27-21-10-5-4-9-19(20)21)22(18-7-2-1-3-8-18)28-13-15-29(16-14-28)24-25-11-6-12-26-24/h1-12,17,22,27H,13-16H2/p+1/t22-/m1/s1. The number of rotatable bonds is 5. The van der Waals surface area contributed by atoms with Gasteiger partial charge >= 0.3 is 0 Å². The molecule has 1 saturated heterocycles. The molecule has 0 bridgehead atoms. The van der Waals surface area contributed by atoms with Crippen LogP contribution in [-0.2, 0) is 0 Å². The van der Waals surface area contributed by atoms with Crippen molar-refractivity contribution in [2.45, 2.75) is 6.04 Å². The first kappa shape index (κ1) is 18.5. The lowest BCUT2D eigenvalue weighted by Crippen LogP contribution is -3.15. The monoisotopic (exact) mass is 398 g/mol. The highest BCUT2D eigenvalue weighted by Gasteiger charge is 2.36. The molecule has 5 rings (SSSR count). The van der Waals surface area contributed by atoms with E-state index in [4.69, 9.17) is 0 Å². The van der Waals surface area contributed by atoms with E-state index in [1.165, 1.54) is 4.90 Å². The largest absolute Gasteiger partial charge is 0.360 e. The Morgan fingerprint density at radius 1 is 0.933 bits per heavy atom. The average molecular weight is 398 g/mol. The third-order valence-corrected chi connectivity index (χ3v) is 5.90. The Morgan fingerprint density at radius 3 is 2.40 bits per heavy atom. The van der Waals surface area contributed by atoms with Crippen LogP contribution in [0.5, 0.6) is 0 Å². The number of nitrogens with one attached hydrogen (secondary N) is 2. The first-order valence-corrected chi connectivity index (χ1v) is 10.3. The molecule has 0 spiro atoms. The smallest absolute Gasteiger partial charge is 0.226 e. The number of hydrogen-bond donors (Lipinski definition) is 2. The second-order valence-corrected chi connectivity index (χ2v) is 7.65. The van der Waals surface area contributed by atoms with Crippen molar-refractivity contribution >= 4 is 22.6 Å². The van der Waals surface area contributed by atoms with Gasteiger partial charge in [0.1, 0.15) is 0 Å². The zero-order valence-electron chi connectivity index (χ0n) is 16.7. The van der Waals surface area contributed by atoms with Crippen LogP contribution in [0.2, 0.25) is 0 Å². The maximum atomic E-state index is 13.8. The number of Topliss-reactive ketones (excluding diaryl/α,β-unsaturated/α-hetero) is 1. The van der Waals surface area contributed by atoms with E-state index in [9.17, 15) is 4.79 Å². The molecule has 150 valence electrons. The molecule has 0 unspecified atom stereocenters. The number of carbonyl (C=O) groups is 1. The normalized spacial score (nSPS) is 15.9. The van der Waals surface area contributed by atoms with E-state index in [2.05, 4.69) is 32.0 Å². The summed E-state index contributed by atoms with van der Waals surface area (Å²) in [6.45, 7) is 3.35. The Morgan fingerprint density at radius 2 is 1.63 bits per heavy atom. The van der Waals surface area contributed by atoms with Gasteiger partial charge in [-0.15, -0.1) is 0 Å². The lowest BCUT2D eigenvalue weighted by Gasteiger charge is -2.36. The maximum absolute atomic E-state index is 13.8. The molecule has 2 aromatic heterocycles. The molecular weight excluding hydrogens is 374 g/mol. The van der Waals surface area contributed by atoms with Crippen molar-refractivity contribution in [1.29, 1.82) is 0 Å². The number of nitrogens with zero attached hydrogens (tertiary/aromatic N) is 3. The summed E-state index contributed by atoms with van der Waals surface area (Å²) in [4.78, 5) is 29.3. The van der Waals surface area contributed by atoms with Crippen LogP contribution in [0.15, 0.2) is 79.3 Å². The van der Waals surface area contributed by atoms with Gasteiger partial charge in [-0.1, -0.05) is 48.5 Å². The molecule has 1 aliphatic rings. The summed E-state index contributed by atoms with van der Waals surface area (Å²) >= 11 is 0. The number of piperazine rings is 1. The van der Waals surface area contributed by atoms with E-state index in [-0.39, 0.29) is 11.8 Å². The molecule has 6 nitrogen and oxygen atoms in total. The van der Waals surface area contributed by atoms with Gasteiger partial charge in [0.2, 0.25) is 11.7 Å². The van der Waals surface area contributed by atoms with Crippen LogP contribution in [0.25, 0.3) is 10.9 Å². The number of benzene rings is 2. The van der Waals surface area contributed by atoms with E-state index in [0.29, 0.717) is 0 Å². The molecule has 0 saturated carbocycles. The lowest BCUT2D eigenvalue weighted by atomic mass is 9.95. The van der Waals surface area contributed by atoms with E-state index in [1.807, 2.05) is 54.7 Å². The third-order valence-electron chi connectivity index (χ3n) is 5.90. The summed E-state index contributed by atoms with van der Waals surface area (Å²) in [6, 6.07) is 19.7. The third kappa shape index (κ3) is 3.46. The number of aromatic nitrogens is 3. The Balaban J connectivity index is 1.44. The summed E-state index contributed by atoms with van der Waals surface area (Å²) in [6.07, 6.45) is 5.40. The van der Waals surface area contributed by atoms with Gasteiger partial charge in [-0.05, 0) is 12.1 Å². The summed E-state index contributed by atoms with van der Waals surface area (Å²) < 4.78 is 0. The molecule has 3 heterocycles. The van der Waals surface area contributed by atoms with Crippen molar-refractivity contribution in [3.63, 3.8) is 0 Å². The fraction of sp³-hybridized carbons (Fsp3) is 0.208. The van der Waals surface area contributed by atoms with Crippen LogP contribution in [0.4, 0.5) is 5.95 Å². The number of carbonyl (C=O) groups excluding carboxylic acids is 1. The summed E-state index contributed by atoms with van der Waals surface area (Å²) in [5, 5.41) is 0.985. The van der Waals surface area contributed by atoms with Crippen molar-refractivity contribution in [3.05, 3.63) is 90.4 Å². The molecular formula is C24H24N5O+. The number of ketones is 1. The van der Waals surface area contributed by atoms with Crippen molar-refractivity contribution in [2.24, 2.45) is 0 Å². The molecule has 1 fully saturated rings. The van der Waals surface area contributed by atoms with E-state index < -0.39 is 0 Å². The predicted octanol–water partition coefficient (Wildman–Crippen LogP) is 2.29. The van der Waals surface area contributed by atoms with Crippen molar-refractivity contribution in [2.75, 3.05) is 31.1 Å². The fourth-order valence-corrected chi connectivity index (χ4v) is 4.39. The topological polar surface area (TPSA) is 66.3 Å². The number of para-hydroxylation sites is 1. The Bertz CT molecular complexity index is 1130. The van der Waals surface area contributed by atoms with Crippen LogP contribution in [-0.4, -0.2) is 46.9 Å². The minimum Gasteiger partial charge on any atom is -0.360 e. The number of anilines is 1. The zero-order chi connectivity index (χ0) is 20.3. The molecule has 2 N–H and O–H groups in total. The molecule has 30 heavy (non-hydrogen) atoms. The highest BCUT2D eigenvalue weighted by Crippen LogP contribution is 2.23. The van der Waals surface area contributed by atoms with Crippen LogP contribution in [0.1, 0.15) is 22.0 Å². The van der Waals surface area contributed by atoms with Gasteiger partial charge in [0.25, 0.3) is 0 Å². The SMILES string of the molecule is O=C(c1c[nH]c2ccccc12)[C@@H](c1ccccc1)[NH+]1CCN(c2ncccn2)CC1. The van der Waals surface area contributed by atoms with Crippen molar-refractivity contribution < 1.29 is 9.69 Å². The van der Waals surface area contributed by atoms with Gasteiger partial charge in [0.15, 0.2) is 6.04 Å². The molecule has 1 aliphatic heterocycles. The first-order valence-electron chi connectivity index (χ1n) is 10.3. The Kier molecular flexibility index (Phi) is 4.99. The fourth-order valence-electron chi connectivity index (χ4n) is 4.39. The number of aromatic amines is 1. The van der Waals surface area contributed by atoms with Crippen LogP contribution in [0, 0.1) is 0 Å². The number of quaternary nitrogens is 1. The van der Waals surface area contributed by atoms with E-state index >= 15 is 0 Å². The molecule has 6 heteroatoms. The Labute approximate surface area is 175 Å². The quantitative estimate of drug-likeness (QED) is 0.506. The van der Waals surface area contributed by atoms with E-state index in [1.54, 1.807) is 12.4 Å². The summed E-state index contributed by atoms with van der Waals surface area (Å²) in [5.74, 6) is 0.925. The number of hydrogen-bond acceptors (Lipinski definition) is 4. The van der Waals surface area contributed by atoms with Gasteiger partial charge in [-0.2, -0.15) is 0 Å². The Hall–Kier alpha value is -3.51. The van der Waals surface area contributed by atoms with Gasteiger partial charge in [-0.3, -0.25) is 4.79 Å².